The molecule has 43 heavy (non-hydrogen) atoms. The molecule has 10 heteroatoms. The second kappa shape index (κ2) is 11.4. The Morgan fingerprint density at radius 1 is 1.02 bits per heavy atom. The van der Waals surface area contributed by atoms with Crippen LogP contribution in [0.1, 0.15) is 72.1 Å². The van der Waals surface area contributed by atoms with Crippen molar-refractivity contribution in [1.82, 2.24) is 0 Å². The van der Waals surface area contributed by atoms with Gasteiger partial charge in [0.1, 0.15) is 36.1 Å². The number of halogens is 3. The fourth-order valence-electron chi connectivity index (χ4n) is 5.96. The first-order valence-corrected chi connectivity index (χ1v) is 14.2. The summed E-state index contributed by atoms with van der Waals surface area (Å²) in [5.74, 6) is 0.283. The largest absolute Gasteiger partial charge is 0.492 e. The number of ether oxygens (including phenoxy) is 3. The van der Waals surface area contributed by atoms with E-state index in [1.54, 1.807) is 44.2 Å². The minimum absolute atomic E-state index is 0.0394. The van der Waals surface area contributed by atoms with Crippen LogP contribution in [-0.4, -0.2) is 46.2 Å². The van der Waals surface area contributed by atoms with E-state index in [0.717, 1.165) is 11.6 Å². The average Bonchev–Trinajstić information content (AvgIpc) is 3.49. The van der Waals surface area contributed by atoms with E-state index < -0.39 is 35.5 Å². The van der Waals surface area contributed by atoms with E-state index in [4.69, 9.17) is 19.3 Å². The standard InChI is InChI=1S/C33H35F3O7/c1-17-11-21(41-16-28(37)32(3,4)40)12-18(2)30(17)31-24-8-10-26(23(24)7-9-25(31)33(34,35)36)43-20-5-6-22-19(13-29(38)39)15-42-27(22)14-20/h5-7,9,11-12,14,19,26,28,37,40H,8,10,13,15-16H2,1-4H3,(H,38,39). The van der Waals surface area contributed by atoms with Crippen molar-refractivity contribution < 1.29 is 47.5 Å². The van der Waals surface area contributed by atoms with Crippen molar-refractivity contribution >= 4 is 5.97 Å². The zero-order valence-electron chi connectivity index (χ0n) is 24.4. The molecule has 0 bridgehead atoms. The van der Waals surface area contributed by atoms with Crippen LogP contribution in [0, 0.1) is 13.8 Å². The predicted molar refractivity (Wildman–Crippen MR) is 153 cm³/mol. The zero-order valence-corrected chi connectivity index (χ0v) is 24.4. The molecule has 3 N–H and O–H groups in total. The summed E-state index contributed by atoms with van der Waals surface area (Å²) in [5, 5.41) is 29.3. The number of rotatable bonds is 9. The summed E-state index contributed by atoms with van der Waals surface area (Å²) in [7, 11) is 0. The molecule has 2 aliphatic rings. The van der Waals surface area contributed by atoms with E-state index >= 15 is 0 Å². The van der Waals surface area contributed by atoms with Gasteiger partial charge in [0, 0.05) is 17.5 Å². The Kier molecular flexibility index (Phi) is 8.13. The molecule has 0 saturated carbocycles. The maximum atomic E-state index is 14.4. The Balaban J connectivity index is 1.47. The van der Waals surface area contributed by atoms with E-state index in [1.807, 2.05) is 0 Å². The summed E-state index contributed by atoms with van der Waals surface area (Å²) >= 11 is 0. The number of aliphatic hydroxyl groups is 2. The van der Waals surface area contributed by atoms with Gasteiger partial charge in [-0.3, -0.25) is 4.79 Å². The maximum Gasteiger partial charge on any atom is 0.417 e. The summed E-state index contributed by atoms with van der Waals surface area (Å²) in [6.07, 6.45) is -5.38. The van der Waals surface area contributed by atoms with Gasteiger partial charge in [-0.05, 0) is 98.2 Å². The average molecular weight is 601 g/mol. The van der Waals surface area contributed by atoms with Gasteiger partial charge in [-0.2, -0.15) is 13.2 Å². The summed E-state index contributed by atoms with van der Waals surface area (Å²) in [5.41, 5.74) is 1.73. The molecule has 3 aromatic rings. The van der Waals surface area contributed by atoms with Gasteiger partial charge < -0.3 is 29.5 Å². The van der Waals surface area contributed by atoms with Crippen LogP contribution in [-0.2, 0) is 17.4 Å². The molecule has 1 aliphatic carbocycles. The van der Waals surface area contributed by atoms with Gasteiger partial charge in [0.15, 0.2) is 0 Å². The third kappa shape index (κ3) is 6.31. The molecule has 5 rings (SSSR count). The van der Waals surface area contributed by atoms with E-state index in [-0.39, 0.29) is 31.1 Å². The monoisotopic (exact) mass is 600 g/mol. The lowest BCUT2D eigenvalue weighted by molar-refractivity contribution is -0.138. The van der Waals surface area contributed by atoms with Crippen molar-refractivity contribution in [2.24, 2.45) is 0 Å². The number of hydrogen-bond acceptors (Lipinski definition) is 6. The minimum Gasteiger partial charge on any atom is -0.492 e. The van der Waals surface area contributed by atoms with Crippen LogP contribution < -0.4 is 14.2 Å². The van der Waals surface area contributed by atoms with Gasteiger partial charge in [-0.15, -0.1) is 0 Å². The van der Waals surface area contributed by atoms with Crippen LogP contribution in [0.4, 0.5) is 13.2 Å². The molecular formula is C33H35F3O7. The lowest BCUT2D eigenvalue weighted by atomic mass is 9.86. The number of carboxylic acid groups (broad SMARTS) is 1. The molecule has 1 aliphatic heterocycles. The normalized spacial score (nSPS) is 18.5. The van der Waals surface area contributed by atoms with Gasteiger partial charge in [0.25, 0.3) is 0 Å². The van der Waals surface area contributed by atoms with Crippen LogP contribution in [0.2, 0.25) is 0 Å². The molecule has 0 amide bonds. The van der Waals surface area contributed by atoms with Crippen molar-refractivity contribution in [2.75, 3.05) is 13.2 Å². The Hall–Kier alpha value is -3.76. The van der Waals surface area contributed by atoms with Crippen LogP contribution in [0.5, 0.6) is 17.2 Å². The van der Waals surface area contributed by atoms with Crippen LogP contribution in [0.15, 0.2) is 42.5 Å². The van der Waals surface area contributed by atoms with Crippen LogP contribution >= 0.6 is 0 Å². The lowest BCUT2D eigenvalue weighted by Gasteiger charge is -2.25. The number of fused-ring (bicyclic) bond motifs is 2. The molecule has 0 saturated heterocycles. The number of aryl methyl sites for hydroxylation is 2. The molecule has 3 aromatic carbocycles. The SMILES string of the molecule is Cc1cc(OCC(O)C(C)(C)O)cc(C)c1-c1c(C(F)(F)F)ccc2c1CCC2Oc1ccc2c(c1)OCC2CC(=O)O. The van der Waals surface area contributed by atoms with Gasteiger partial charge in [-0.1, -0.05) is 12.1 Å². The topological polar surface area (TPSA) is 105 Å². The van der Waals surface area contributed by atoms with Crippen molar-refractivity contribution in [3.63, 3.8) is 0 Å². The number of aliphatic hydroxyl groups excluding tert-OH is 1. The van der Waals surface area contributed by atoms with Gasteiger partial charge in [0.05, 0.1) is 24.2 Å². The molecule has 230 valence electrons. The second-order valence-corrected chi connectivity index (χ2v) is 11.9. The highest BCUT2D eigenvalue weighted by molar-refractivity contribution is 5.80. The smallest absolute Gasteiger partial charge is 0.417 e. The summed E-state index contributed by atoms with van der Waals surface area (Å²) in [6, 6.07) is 11.1. The number of hydrogen-bond donors (Lipinski definition) is 3. The molecule has 0 radical (unpaired) electrons. The Morgan fingerprint density at radius 2 is 1.70 bits per heavy atom. The third-order valence-electron chi connectivity index (χ3n) is 8.20. The predicted octanol–water partition coefficient (Wildman–Crippen LogP) is 6.52. The Bertz CT molecular complexity index is 1520. The molecule has 7 nitrogen and oxygen atoms in total. The number of aliphatic carboxylic acids is 1. The molecule has 1 heterocycles. The van der Waals surface area contributed by atoms with Gasteiger partial charge >= 0.3 is 12.1 Å². The number of carboxylic acids is 1. The zero-order chi connectivity index (χ0) is 31.3. The first-order valence-electron chi connectivity index (χ1n) is 14.2. The second-order valence-electron chi connectivity index (χ2n) is 11.9. The van der Waals surface area contributed by atoms with Crippen molar-refractivity contribution in [2.45, 2.75) is 76.9 Å². The van der Waals surface area contributed by atoms with Crippen molar-refractivity contribution in [1.29, 1.82) is 0 Å². The van der Waals surface area contributed by atoms with E-state index in [1.165, 1.54) is 19.9 Å². The Morgan fingerprint density at radius 3 is 2.33 bits per heavy atom. The van der Waals surface area contributed by atoms with E-state index in [0.29, 0.717) is 57.9 Å². The van der Waals surface area contributed by atoms with Crippen molar-refractivity contribution in [3.8, 4) is 28.4 Å². The molecule has 3 atom stereocenters. The van der Waals surface area contributed by atoms with Gasteiger partial charge in [-0.25, -0.2) is 0 Å². The number of alkyl halides is 3. The Labute approximate surface area is 247 Å². The fraction of sp³-hybridized carbons (Fsp3) is 0.424. The molecule has 0 aromatic heterocycles. The van der Waals surface area contributed by atoms with Crippen molar-refractivity contribution in [3.05, 3.63) is 75.8 Å². The maximum absolute atomic E-state index is 14.4. The van der Waals surface area contributed by atoms with Crippen LogP contribution in [0.3, 0.4) is 0 Å². The third-order valence-corrected chi connectivity index (χ3v) is 8.20. The molecule has 0 spiro atoms. The van der Waals surface area contributed by atoms with Crippen LogP contribution in [0.25, 0.3) is 11.1 Å². The summed E-state index contributed by atoms with van der Waals surface area (Å²) < 4.78 is 60.8. The summed E-state index contributed by atoms with van der Waals surface area (Å²) in [6.45, 7) is 6.47. The van der Waals surface area contributed by atoms with E-state index in [9.17, 15) is 28.2 Å². The lowest BCUT2D eigenvalue weighted by Crippen LogP contribution is -2.40. The fourth-order valence-corrected chi connectivity index (χ4v) is 5.96. The number of carbonyl (C=O) groups is 1. The highest BCUT2D eigenvalue weighted by atomic mass is 19.4. The first-order chi connectivity index (χ1) is 20.1. The summed E-state index contributed by atoms with van der Waals surface area (Å²) in [4.78, 5) is 11.2. The quantitative estimate of drug-likeness (QED) is 0.257. The minimum atomic E-state index is -4.59. The van der Waals surface area contributed by atoms with E-state index in [2.05, 4.69) is 0 Å². The highest BCUT2D eigenvalue weighted by Gasteiger charge is 2.39. The molecule has 3 unspecified atom stereocenters. The highest BCUT2D eigenvalue weighted by Crippen LogP contribution is 2.48. The number of benzene rings is 3. The molecule has 0 fully saturated rings. The van der Waals surface area contributed by atoms with Gasteiger partial charge in [0.2, 0.25) is 0 Å². The first kappa shape index (κ1) is 30.7. The molecular weight excluding hydrogens is 565 g/mol.